The molecular formula is C26H37NO. The number of rotatable bonds is 8. The maximum absolute atomic E-state index is 6.30. The van der Waals surface area contributed by atoms with Crippen molar-refractivity contribution in [2.24, 2.45) is 5.41 Å². The monoisotopic (exact) mass is 379 g/mol. The summed E-state index contributed by atoms with van der Waals surface area (Å²) in [5.41, 5.74) is 3.06. The SMILES string of the molecule is CC(C)N(CCC1(C)CCOC(C)(Cc2ccccc2)C1)Cc1ccccc1. The average molecular weight is 380 g/mol. The Labute approximate surface area is 171 Å². The molecule has 0 N–H and O–H groups in total. The summed E-state index contributed by atoms with van der Waals surface area (Å²) in [5.74, 6) is 0. The standard InChI is InChI=1S/C26H37NO/c1-22(2)27(20-24-13-9-6-10-14-24)17-15-25(3)16-18-28-26(4,21-25)19-23-11-7-5-8-12-23/h5-14,22H,15-21H2,1-4H3. The van der Waals surface area contributed by atoms with Crippen molar-refractivity contribution in [1.82, 2.24) is 4.90 Å². The van der Waals surface area contributed by atoms with Crippen LogP contribution in [0.4, 0.5) is 0 Å². The smallest absolute Gasteiger partial charge is 0.0699 e. The van der Waals surface area contributed by atoms with Gasteiger partial charge in [-0.1, -0.05) is 67.6 Å². The Kier molecular flexibility index (Phi) is 6.95. The molecule has 0 amide bonds. The molecular weight excluding hydrogens is 342 g/mol. The van der Waals surface area contributed by atoms with Crippen LogP contribution in [0.5, 0.6) is 0 Å². The second-order valence-corrected chi connectivity index (χ2v) is 9.50. The molecule has 0 aliphatic carbocycles. The number of hydrogen-bond donors (Lipinski definition) is 0. The van der Waals surface area contributed by atoms with Crippen molar-refractivity contribution < 1.29 is 4.74 Å². The molecule has 0 spiro atoms. The Balaban J connectivity index is 1.61. The molecule has 2 nitrogen and oxygen atoms in total. The van der Waals surface area contributed by atoms with E-state index in [4.69, 9.17) is 4.74 Å². The van der Waals surface area contributed by atoms with Crippen LogP contribution in [0.25, 0.3) is 0 Å². The van der Waals surface area contributed by atoms with Crippen molar-refractivity contribution in [1.29, 1.82) is 0 Å². The first-order chi connectivity index (χ1) is 13.4. The Bertz CT molecular complexity index is 714. The molecule has 0 radical (unpaired) electrons. The third kappa shape index (κ3) is 5.93. The van der Waals surface area contributed by atoms with E-state index in [0.717, 1.165) is 39.0 Å². The molecule has 28 heavy (non-hydrogen) atoms. The van der Waals surface area contributed by atoms with Gasteiger partial charge >= 0.3 is 0 Å². The van der Waals surface area contributed by atoms with E-state index in [1.54, 1.807) is 0 Å². The number of ether oxygens (including phenoxy) is 1. The van der Waals surface area contributed by atoms with Gasteiger partial charge in [-0.25, -0.2) is 0 Å². The second kappa shape index (κ2) is 9.24. The van der Waals surface area contributed by atoms with Crippen molar-refractivity contribution in [2.45, 2.75) is 71.6 Å². The molecule has 3 rings (SSSR count). The van der Waals surface area contributed by atoms with Crippen LogP contribution < -0.4 is 0 Å². The summed E-state index contributed by atoms with van der Waals surface area (Å²) < 4.78 is 6.30. The molecule has 2 aromatic carbocycles. The van der Waals surface area contributed by atoms with Gasteiger partial charge < -0.3 is 4.74 Å². The van der Waals surface area contributed by atoms with Crippen molar-refractivity contribution in [3.8, 4) is 0 Å². The van der Waals surface area contributed by atoms with Gasteiger partial charge in [-0.15, -0.1) is 0 Å². The van der Waals surface area contributed by atoms with E-state index in [0.29, 0.717) is 11.5 Å². The van der Waals surface area contributed by atoms with E-state index >= 15 is 0 Å². The summed E-state index contributed by atoms with van der Waals surface area (Å²) in [7, 11) is 0. The van der Waals surface area contributed by atoms with Crippen molar-refractivity contribution in [3.63, 3.8) is 0 Å². The van der Waals surface area contributed by atoms with Crippen molar-refractivity contribution in [2.75, 3.05) is 13.2 Å². The third-order valence-electron chi connectivity index (χ3n) is 6.34. The largest absolute Gasteiger partial charge is 0.375 e. The Morgan fingerprint density at radius 1 is 0.929 bits per heavy atom. The van der Waals surface area contributed by atoms with Crippen LogP contribution in [0.1, 0.15) is 58.1 Å². The molecule has 0 saturated carbocycles. The first kappa shape index (κ1) is 21.1. The van der Waals surface area contributed by atoms with Crippen LogP contribution in [-0.4, -0.2) is 29.7 Å². The highest BCUT2D eigenvalue weighted by molar-refractivity contribution is 5.17. The van der Waals surface area contributed by atoms with Gasteiger partial charge in [0.1, 0.15) is 0 Å². The van der Waals surface area contributed by atoms with E-state index in [2.05, 4.69) is 93.3 Å². The lowest BCUT2D eigenvalue weighted by molar-refractivity contribution is -0.114. The maximum atomic E-state index is 6.30. The van der Waals surface area contributed by atoms with E-state index in [9.17, 15) is 0 Å². The quantitative estimate of drug-likeness (QED) is 0.549. The van der Waals surface area contributed by atoms with E-state index in [-0.39, 0.29) is 5.60 Å². The molecule has 0 bridgehead atoms. The van der Waals surface area contributed by atoms with Gasteiger partial charge in [0.2, 0.25) is 0 Å². The van der Waals surface area contributed by atoms with Gasteiger partial charge in [-0.2, -0.15) is 0 Å². The molecule has 1 aliphatic rings. The maximum Gasteiger partial charge on any atom is 0.0699 e. The summed E-state index contributed by atoms with van der Waals surface area (Å²) in [6.07, 6.45) is 4.52. The van der Waals surface area contributed by atoms with Gasteiger partial charge in [0, 0.05) is 25.6 Å². The molecule has 1 aliphatic heterocycles. The molecule has 2 atom stereocenters. The highest BCUT2D eigenvalue weighted by Gasteiger charge is 2.40. The summed E-state index contributed by atoms with van der Waals surface area (Å²) >= 11 is 0. The Morgan fingerprint density at radius 2 is 1.54 bits per heavy atom. The minimum absolute atomic E-state index is 0.0591. The van der Waals surface area contributed by atoms with E-state index < -0.39 is 0 Å². The minimum atomic E-state index is -0.0591. The van der Waals surface area contributed by atoms with Crippen LogP contribution >= 0.6 is 0 Å². The number of nitrogens with zero attached hydrogens (tertiary/aromatic N) is 1. The zero-order chi connectivity index (χ0) is 20.0. The minimum Gasteiger partial charge on any atom is -0.375 e. The zero-order valence-corrected chi connectivity index (χ0v) is 18.2. The van der Waals surface area contributed by atoms with E-state index in [1.807, 2.05) is 0 Å². The average Bonchev–Trinajstić information content (AvgIpc) is 2.66. The zero-order valence-electron chi connectivity index (χ0n) is 18.2. The molecule has 2 unspecified atom stereocenters. The molecule has 1 saturated heterocycles. The van der Waals surface area contributed by atoms with Gasteiger partial charge in [0.15, 0.2) is 0 Å². The summed E-state index contributed by atoms with van der Waals surface area (Å²) in [6.45, 7) is 12.5. The molecule has 1 heterocycles. The lowest BCUT2D eigenvalue weighted by atomic mass is 9.71. The third-order valence-corrected chi connectivity index (χ3v) is 6.34. The highest BCUT2D eigenvalue weighted by atomic mass is 16.5. The Hall–Kier alpha value is -1.64. The first-order valence-electron chi connectivity index (χ1n) is 10.8. The van der Waals surface area contributed by atoms with Gasteiger partial charge in [0.05, 0.1) is 5.60 Å². The second-order valence-electron chi connectivity index (χ2n) is 9.50. The van der Waals surface area contributed by atoms with Crippen LogP contribution in [0, 0.1) is 5.41 Å². The normalized spacial score (nSPS) is 25.4. The van der Waals surface area contributed by atoms with Crippen molar-refractivity contribution >= 4 is 0 Å². The summed E-state index contributed by atoms with van der Waals surface area (Å²) in [5, 5.41) is 0. The van der Waals surface area contributed by atoms with Crippen molar-refractivity contribution in [3.05, 3.63) is 71.8 Å². The van der Waals surface area contributed by atoms with Crippen LogP contribution in [0.15, 0.2) is 60.7 Å². The summed E-state index contributed by atoms with van der Waals surface area (Å²) in [4.78, 5) is 2.62. The van der Waals surface area contributed by atoms with Gasteiger partial charge in [0.25, 0.3) is 0 Å². The van der Waals surface area contributed by atoms with Crippen LogP contribution in [0.2, 0.25) is 0 Å². The summed E-state index contributed by atoms with van der Waals surface area (Å²) in [6, 6.07) is 22.2. The van der Waals surface area contributed by atoms with Gasteiger partial charge in [-0.3, -0.25) is 4.90 Å². The Morgan fingerprint density at radius 3 is 2.14 bits per heavy atom. The van der Waals surface area contributed by atoms with E-state index in [1.165, 1.54) is 17.5 Å². The lowest BCUT2D eigenvalue weighted by Crippen LogP contribution is -2.45. The topological polar surface area (TPSA) is 12.5 Å². The first-order valence-corrected chi connectivity index (χ1v) is 10.8. The van der Waals surface area contributed by atoms with Crippen LogP contribution in [-0.2, 0) is 17.7 Å². The fourth-order valence-corrected chi connectivity index (χ4v) is 4.69. The van der Waals surface area contributed by atoms with Crippen LogP contribution in [0.3, 0.4) is 0 Å². The molecule has 2 heteroatoms. The molecule has 2 aromatic rings. The fraction of sp³-hybridized carbons (Fsp3) is 0.538. The highest BCUT2D eigenvalue weighted by Crippen LogP contribution is 2.43. The predicted octanol–water partition coefficient (Wildman–Crippen LogP) is 6.11. The van der Waals surface area contributed by atoms with Gasteiger partial charge in [-0.05, 0) is 63.1 Å². The number of hydrogen-bond acceptors (Lipinski definition) is 2. The molecule has 1 fully saturated rings. The predicted molar refractivity (Wildman–Crippen MR) is 118 cm³/mol. The number of benzene rings is 2. The lowest BCUT2D eigenvalue weighted by Gasteiger charge is -2.46. The fourth-order valence-electron chi connectivity index (χ4n) is 4.69. The molecule has 152 valence electrons. The molecule has 0 aromatic heterocycles.